The molecule has 5 heteroatoms. The number of ether oxygens (including phenoxy) is 2. The first kappa shape index (κ1) is 16.0. The number of phenolic OH excluding ortho intramolecular Hbond substituents is 1. The number of halogens is 1. The molecule has 0 spiro atoms. The topological polar surface area (TPSA) is 41.9 Å². The van der Waals surface area contributed by atoms with Crippen LogP contribution >= 0.6 is 11.6 Å². The Labute approximate surface area is 141 Å². The maximum Gasteiger partial charge on any atom is 0.179 e. The van der Waals surface area contributed by atoms with Crippen LogP contribution in [-0.2, 0) is 6.54 Å². The molecule has 2 aromatic carbocycles. The van der Waals surface area contributed by atoms with Crippen LogP contribution in [0.2, 0.25) is 5.02 Å². The molecule has 1 aliphatic heterocycles. The second-order valence-corrected chi connectivity index (χ2v) is 6.20. The third kappa shape index (κ3) is 3.54. The molecule has 0 bridgehead atoms. The van der Waals surface area contributed by atoms with Gasteiger partial charge in [0.25, 0.3) is 0 Å². The van der Waals surface area contributed by atoms with Crippen molar-refractivity contribution in [3.8, 4) is 17.2 Å². The summed E-state index contributed by atoms with van der Waals surface area (Å²) < 4.78 is 11.2. The van der Waals surface area contributed by atoms with Crippen LogP contribution in [0.25, 0.3) is 0 Å². The highest BCUT2D eigenvalue weighted by molar-refractivity contribution is 6.32. The SMILES string of the molecule is CC(c1cccc(O)c1)N(C)Cc1cc(Cl)c2c(c1)OCCO2. The lowest BCUT2D eigenvalue weighted by atomic mass is 10.1. The summed E-state index contributed by atoms with van der Waals surface area (Å²) in [5.41, 5.74) is 2.13. The Morgan fingerprint density at radius 1 is 1.22 bits per heavy atom. The van der Waals surface area contributed by atoms with Crippen molar-refractivity contribution in [3.63, 3.8) is 0 Å². The third-order valence-corrected chi connectivity index (χ3v) is 4.38. The van der Waals surface area contributed by atoms with Crippen LogP contribution in [0.1, 0.15) is 24.1 Å². The minimum absolute atomic E-state index is 0.161. The first-order valence-electron chi connectivity index (χ1n) is 7.62. The van der Waals surface area contributed by atoms with Gasteiger partial charge in [0, 0.05) is 12.6 Å². The average Bonchev–Trinajstić information content (AvgIpc) is 2.54. The van der Waals surface area contributed by atoms with E-state index in [1.165, 1.54) is 0 Å². The van der Waals surface area contributed by atoms with Gasteiger partial charge in [-0.3, -0.25) is 4.90 Å². The van der Waals surface area contributed by atoms with E-state index in [9.17, 15) is 5.11 Å². The Morgan fingerprint density at radius 3 is 2.78 bits per heavy atom. The van der Waals surface area contributed by atoms with Gasteiger partial charge in [0.15, 0.2) is 11.5 Å². The molecule has 1 atom stereocenters. The quantitative estimate of drug-likeness (QED) is 0.918. The van der Waals surface area contributed by atoms with E-state index in [1.807, 2.05) is 31.3 Å². The molecule has 23 heavy (non-hydrogen) atoms. The zero-order valence-corrected chi connectivity index (χ0v) is 14.0. The van der Waals surface area contributed by atoms with E-state index in [4.69, 9.17) is 21.1 Å². The van der Waals surface area contributed by atoms with Crippen LogP contribution in [-0.4, -0.2) is 30.3 Å². The number of rotatable bonds is 4. The summed E-state index contributed by atoms with van der Waals surface area (Å²) in [6.45, 7) is 3.89. The highest BCUT2D eigenvalue weighted by Crippen LogP contribution is 2.39. The van der Waals surface area contributed by atoms with E-state index in [0.717, 1.165) is 11.1 Å². The predicted octanol–water partition coefficient (Wildman–Crippen LogP) is 4.01. The van der Waals surface area contributed by atoms with E-state index in [-0.39, 0.29) is 11.8 Å². The molecule has 0 aliphatic carbocycles. The third-order valence-electron chi connectivity index (χ3n) is 4.10. The Hall–Kier alpha value is -1.91. The zero-order valence-electron chi connectivity index (χ0n) is 13.3. The van der Waals surface area contributed by atoms with Crippen molar-refractivity contribution in [1.29, 1.82) is 0 Å². The summed E-state index contributed by atoms with van der Waals surface area (Å²) >= 11 is 6.29. The molecule has 1 N–H and O–H groups in total. The van der Waals surface area contributed by atoms with Gasteiger partial charge in [0.1, 0.15) is 19.0 Å². The average molecular weight is 334 g/mol. The molecule has 0 fully saturated rings. The van der Waals surface area contributed by atoms with Gasteiger partial charge < -0.3 is 14.6 Å². The normalized spacial score (nSPS) is 14.8. The van der Waals surface area contributed by atoms with Gasteiger partial charge in [-0.1, -0.05) is 23.7 Å². The molecule has 0 saturated carbocycles. The fourth-order valence-corrected chi connectivity index (χ4v) is 3.01. The molecule has 1 unspecified atom stereocenters. The van der Waals surface area contributed by atoms with E-state index < -0.39 is 0 Å². The lowest BCUT2D eigenvalue weighted by Gasteiger charge is -2.26. The van der Waals surface area contributed by atoms with Gasteiger partial charge in [-0.2, -0.15) is 0 Å². The van der Waals surface area contributed by atoms with Crippen LogP contribution in [0, 0.1) is 0 Å². The number of fused-ring (bicyclic) bond motifs is 1. The van der Waals surface area contributed by atoms with Gasteiger partial charge in [0.05, 0.1) is 5.02 Å². The number of hydrogen-bond acceptors (Lipinski definition) is 4. The van der Waals surface area contributed by atoms with Gasteiger partial charge in [0.2, 0.25) is 0 Å². The fraction of sp³-hybridized carbons (Fsp3) is 0.333. The summed E-state index contributed by atoms with van der Waals surface area (Å²) in [7, 11) is 2.04. The molecule has 122 valence electrons. The molecular formula is C18H20ClNO3. The Kier molecular flexibility index (Phi) is 4.64. The number of benzene rings is 2. The van der Waals surface area contributed by atoms with Gasteiger partial charge in [-0.05, 0) is 49.4 Å². The van der Waals surface area contributed by atoms with Crippen molar-refractivity contribution in [2.45, 2.75) is 19.5 Å². The number of nitrogens with zero attached hydrogens (tertiary/aromatic N) is 1. The van der Waals surface area contributed by atoms with Crippen molar-refractivity contribution in [3.05, 3.63) is 52.5 Å². The summed E-state index contributed by atoms with van der Waals surface area (Å²) in [5, 5.41) is 10.2. The zero-order chi connectivity index (χ0) is 16.4. The van der Waals surface area contributed by atoms with Gasteiger partial charge in [-0.25, -0.2) is 0 Å². The molecule has 0 amide bonds. The minimum atomic E-state index is 0.161. The maximum absolute atomic E-state index is 9.64. The summed E-state index contributed by atoms with van der Waals surface area (Å²) in [6, 6.07) is 11.4. The van der Waals surface area contributed by atoms with Crippen molar-refractivity contribution in [1.82, 2.24) is 4.90 Å². The minimum Gasteiger partial charge on any atom is -0.508 e. The van der Waals surface area contributed by atoms with Crippen LogP contribution in [0.4, 0.5) is 0 Å². The van der Waals surface area contributed by atoms with Crippen LogP contribution in [0.5, 0.6) is 17.2 Å². The smallest absolute Gasteiger partial charge is 0.179 e. The molecule has 3 rings (SSSR count). The van der Waals surface area contributed by atoms with E-state index in [1.54, 1.807) is 12.1 Å². The van der Waals surface area contributed by atoms with E-state index in [0.29, 0.717) is 36.3 Å². The number of hydrogen-bond donors (Lipinski definition) is 1. The largest absolute Gasteiger partial charge is 0.508 e. The van der Waals surface area contributed by atoms with Crippen LogP contribution in [0.3, 0.4) is 0 Å². The predicted molar refractivity (Wildman–Crippen MR) is 90.4 cm³/mol. The first-order valence-corrected chi connectivity index (χ1v) is 7.99. The van der Waals surface area contributed by atoms with Crippen molar-refractivity contribution < 1.29 is 14.6 Å². The number of phenols is 1. The highest BCUT2D eigenvalue weighted by Gasteiger charge is 2.18. The summed E-state index contributed by atoms with van der Waals surface area (Å²) in [6.07, 6.45) is 0. The Morgan fingerprint density at radius 2 is 2.00 bits per heavy atom. The van der Waals surface area contributed by atoms with Crippen LogP contribution in [0.15, 0.2) is 36.4 Å². The standard InChI is InChI=1S/C18H20ClNO3/c1-12(14-4-3-5-15(21)10-14)20(2)11-13-8-16(19)18-17(9-13)22-6-7-23-18/h3-5,8-10,12,21H,6-7,11H2,1-2H3. The first-order chi connectivity index (χ1) is 11.0. The van der Waals surface area contributed by atoms with Crippen molar-refractivity contribution in [2.24, 2.45) is 0 Å². The maximum atomic E-state index is 9.64. The lowest BCUT2D eigenvalue weighted by molar-refractivity contribution is 0.171. The second kappa shape index (κ2) is 6.69. The molecule has 1 heterocycles. The molecule has 0 aromatic heterocycles. The van der Waals surface area contributed by atoms with Crippen molar-refractivity contribution >= 4 is 11.6 Å². The van der Waals surface area contributed by atoms with Crippen LogP contribution < -0.4 is 9.47 Å². The molecule has 0 saturated heterocycles. The summed E-state index contributed by atoms with van der Waals surface area (Å²) in [5.74, 6) is 1.62. The lowest BCUT2D eigenvalue weighted by Crippen LogP contribution is -2.22. The van der Waals surface area contributed by atoms with Gasteiger partial charge >= 0.3 is 0 Å². The Bertz CT molecular complexity index is 705. The molecule has 2 aromatic rings. The fourth-order valence-electron chi connectivity index (χ4n) is 2.72. The van der Waals surface area contributed by atoms with Crippen molar-refractivity contribution in [2.75, 3.05) is 20.3 Å². The molecule has 1 aliphatic rings. The molecular weight excluding hydrogens is 314 g/mol. The highest BCUT2D eigenvalue weighted by atomic mass is 35.5. The monoisotopic (exact) mass is 333 g/mol. The Balaban J connectivity index is 1.77. The van der Waals surface area contributed by atoms with E-state index in [2.05, 4.69) is 11.8 Å². The molecule has 4 nitrogen and oxygen atoms in total. The molecule has 0 radical (unpaired) electrons. The second-order valence-electron chi connectivity index (χ2n) is 5.79. The summed E-state index contributed by atoms with van der Waals surface area (Å²) in [4.78, 5) is 2.19. The van der Waals surface area contributed by atoms with Gasteiger partial charge in [-0.15, -0.1) is 0 Å². The number of aromatic hydroxyl groups is 1. The van der Waals surface area contributed by atoms with E-state index >= 15 is 0 Å².